The van der Waals surface area contributed by atoms with Gasteiger partial charge in [-0.25, -0.2) is 0 Å². The second kappa shape index (κ2) is 6.62. The van der Waals surface area contributed by atoms with E-state index in [-0.39, 0.29) is 12.0 Å². The maximum absolute atomic E-state index is 9.72. The third-order valence-electron chi connectivity index (χ3n) is 2.94. The van der Waals surface area contributed by atoms with Crippen molar-refractivity contribution in [3.63, 3.8) is 0 Å². The van der Waals surface area contributed by atoms with Crippen LogP contribution in [0, 0.1) is 5.92 Å². The van der Waals surface area contributed by atoms with Crippen LogP contribution in [0.25, 0.3) is 0 Å². The topological polar surface area (TPSA) is 55.5 Å². The average Bonchev–Trinajstić information content (AvgIpc) is 2.35. The summed E-state index contributed by atoms with van der Waals surface area (Å²) in [5.74, 6) is 0.976. The molecule has 0 amide bonds. The molecule has 0 saturated heterocycles. The Morgan fingerprint density at radius 1 is 1.29 bits per heavy atom. The van der Waals surface area contributed by atoms with Gasteiger partial charge in [-0.3, -0.25) is 0 Å². The predicted molar refractivity (Wildman–Crippen MR) is 70.0 cm³/mol. The molecule has 2 unspecified atom stereocenters. The maximum atomic E-state index is 9.72. The van der Waals surface area contributed by atoms with Gasteiger partial charge in [0.1, 0.15) is 12.4 Å². The second-order valence-corrected chi connectivity index (χ2v) is 4.67. The quantitative estimate of drug-likeness (QED) is 0.799. The van der Waals surface area contributed by atoms with E-state index < -0.39 is 6.10 Å². The molecule has 0 saturated carbocycles. The lowest BCUT2D eigenvalue weighted by molar-refractivity contribution is 0.0695. The van der Waals surface area contributed by atoms with E-state index in [9.17, 15) is 5.11 Å². The number of hydrogen-bond acceptors (Lipinski definition) is 3. The van der Waals surface area contributed by atoms with E-state index >= 15 is 0 Å². The van der Waals surface area contributed by atoms with E-state index in [1.165, 1.54) is 0 Å². The van der Waals surface area contributed by atoms with Crippen LogP contribution < -0.4 is 10.5 Å². The van der Waals surface area contributed by atoms with Crippen molar-refractivity contribution in [1.82, 2.24) is 0 Å². The summed E-state index contributed by atoms with van der Waals surface area (Å²) < 4.78 is 5.65. The minimum Gasteiger partial charge on any atom is -0.491 e. The zero-order valence-corrected chi connectivity index (χ0v) is 10.9. The SMILES string of the molecule is CCC(N)c1ccccc1OCC(O)C(C)C. The Morgan fingerprint density at radius 2 is 1.94 bits per heavy atom. The fourth-order valence-electron chi connectivity index (χ4n) is 1.51. The van der Waals surface area contributed by atoms with Gasteiger partial charge in [0.25, 0.3) is 0 Å². The van der Waals surface area contributed by atoms with Crippen molar-refractivity contribution >= 4 is 0 Å². The van der Waals surface area contributed by atoms with Gasteiger partial charge >= 0.3 is 0 Å². The highest BCUT2D eigenvalue weighted by Crippen LogP contribution is 2.25. The van der Waals surface area contributed by atoms with Crippen molar-refractivity contribution in [1.29, 1.82) is 0 Å². The Hall–Kier alpha value is -1.06. The molecular formula is C14H23NO2. The highest BCUT2D eigenvalue weighted by atomic mass is 16.5. The summed E-state index contributed by atoms with van der Waals surface area (Å²) in [5, 5.41) is 9.72. The summed E-state index contributed by atoms with van der Waals surface area (Å²) >= 11 is 0. The van der Waals surface area contributed by atoms with Crippen molar-refractivity contribution in [2.24, 2.45) is 11.7 Å². The first kappa shape index (κ1) is 14.0. The van der Waals surface area contributed by atoms with Gasteiger partial charge in [0.05, 0.1) is 6.10 Å². The fraction of sp³-hybridized carbons (Fsp3) is 0.571. The van der Waals surface area contributed by atoms with E-state index in [2.05, 4.69) is 0 Å². The highest BCUT2D eigenvalue weighted by Gasteiger charge is 2.13. The molecule has 1 aromatic rings. The molecule has 96 valence electrons. The van der Waals surface area contributed by atoms with Gasteiger partial charge in [0.2, 0.25) is 0 Å². The molecule has 0 aliphatic heterocycles. The van der Waals surface area contributed by atoms with E-state index in [1.807, 2.05) is 45.0 Å². The zero-order valence-electron chi connectivity index (χ0n) is 10.9. The van der Waals surface area contributed by atoms with E-state index in [4.69, 9.17) is 10.5 Å². The Balaban J connectivity index is 2.70. The minimum atomic E-state index is -0.444. The molecule has 3 N–H and O–H groups in total. The fourth-order valence-corrected chi connectivity index (χ4v) is 1.51. The Bertz CT molecular complexity index is 339. The summed E-state index contributed by atoms with van der Waals surface area (Å²) in [7, 11) is 0. The molecular weight excluding hydrogens is 214 g/mol. The second-order valence-electron chi connectivity index (χ2n) is 4.67. The Labute approximate surface area is 104 Å². The van der Waals surface area contributed by atoms with Crippen LogP contribution in [-0.4, -0.2) is 17.8 Å². The lowest BCUT2D eigenvalue weighted by Crippen LogP contribution is -2.24. The van der Waals surface area contributed by atoms with E-state index in [0.717, 1.165) is 17.7 Å². The molecule has 0 bridgehead atoms. The highest BCUT2D eigenvalue weighted by molar-refractivity contribution is 5.35. The molecule has 0 aliphatic carbocycles. The number of aliphatic hydroxyl groups is 1. The van der Waals surface area contributed by atoms with Crippen LogP contribution in [0.2, 0.25) is 0 Å². The minimum absolute atomic E-state index is 0.0117. The van der Waals surface area contributed by atoms with Gasteiger partial charge in [-0.05, 0) is 18.4 Å². The molecule has 1 rings (SSSR count). The summed E-state index contributed by atoms with van der Waals surface area (Å²) in [6, 6.07) is 7.74. The molecule has 3 nitrogen and oxygen atoms in total. The number of para-hydroxylation sites is 1. The summed E-state index contributed by atoms with van der Waals surface area (Å²) in [4.78, 5) is 0. The smallest absolute Gasteiger partial charge is 0.124 e. The summed E-state index contributed by atoms with van der Waals surface area (Å²) in [5.41, 5.74) is 7.02. The third-order valence-corrected chi connectivity index (χ3v) is 2.94. The molecule has 0 aromatic heterocycles. The molecule has 0 heterocycles. The first-order valence-electron chi connectivity index (χ1n) is 6.21. The standard InChI is InChI=1S/C14H23NO2/c1-4-12(15)11-7-5-6-8-14(11)17-9-13(16)10(2)3/h5-8,10,12-13,16H,4,9,15H2,1-3H3. The van der Waals surface area contributed by atoms with Gasteiger partial charge in [0.15, 0.2) is 0 Å². The van der Waals surface area contributed by atoms with Gasteiger partial charge in [-0.1, -0.05) is 39.0 Å². The largest absolute Gasteiger partial charge is 0.491 e. The van der Waals surface area contributed by atoms with Crippen LogP contribution in [-0.2, 0) is 0 Å². The molecule has 1 aromatic carbocycles. The summed E-state index contributed by atoms with van der Waals surface area (Å²) in [6.07, 6.45) is 0.425. The predicted octanol–water partition coefficient (Wildman–Crippen LogP) is 2.49. The first-order valence-corrected chi connectivity index (χ1v) is 6.21. The molecule has 2 atom stereocenters. The number of ether oxygens (including phenoxy) is 1. The van der Waals surface area contributed by atoms with Crippen LogP contribution in [0.3, 0.4) is 0 Å². The molecule has 0 spiro atoms. The third kappa shape index (κ3) is 4.02. The number of nitrogens with two attached hydrogens (primary N) is 1. The molecule has 17 heavy (non-hydrogen) atoms. The molecule has 0 fully saturated rings. The van der Waals surface area contributed by atoms with E-state index in [0.29, 0.717) is 6.61 Å². The zero-order chi connectivity index (χ0) is 12.8. The van der Waals surface area contributed by atoms with Gasteiger partial charge in [-0.15, -0.1) is 0 Å². The molecule has 0 aliphatic rings. The first-order chi connectivity index (χ1) is 8.06. The molecule has 3 heteroatoms. The number of aliphatic hydroxyl groups excluding tert-OH is 1. The Kier molecular flexibility index (Phi) is 5.45. The normalized spacial score (nSPS) is 14.7. The monoisotopic (exact) mass is 237 g/mol. The Morgan fingerprint density at radius 3 is 2.53 bits per heavy atom. The van der Waals surface area contributed by atoms with Crippen molar-refractivity contribution in [3.05, 3.63) is 29.8 Å². The lowest BCUT2D eigenvalue weighted by atomic mass is 10.0. The maximum Gasteiger partial charge on any atom is 0.124 e. The van der Waals surface area contributed by atoms with Crippen molar-refractivity contribution < 1.29 is 9.84 Å². The lowest BCUT2D eigenvalue weighted by Gasteiger charge is -2.19. The number of rotatable bonds is 6. The van der Waals surface area contributed by atoms with Crippen LogP contribution in [0.1, 0.15) is 38.8 Å². The van der Waals surface area contributed by atoms with Crippen molar-refractivity contribution in [2.45, 2.75) is 39.3 Å². The summed E-state index contributed by atoms with van der Waals surface area (Å²) in [6.45, 7) is 6.30. The van der Waals surface area contributed by atoms with Crippen LogP contribution in [0.15, 0.2) is 24.3 Å². The van der Waals surface area contributed by atoms with Crippen LogP contribution >= 0.6 is 0 Å². The van der Waals surface area contributed by atoms with Crippen LogP contribution in [0.5, 0.6) is 5.75 Å². The average molecular weight is 237 g/mol. The number of benzene rings is 1. The van der Waals surface area contributed by atoms with Gasteiger partial charge in [0, 0.05) is 11.6 Å². The van der Waals surface area contributed by atoms with Crippen molar-refractivity contribution in [2.75, 3.05) is 6.61 Å². The number of hydrogen-bond donors (Lipinski definition) is 2. The molecule has 0 radical (unpaired) electrons. The van der Waals surface area contributed by atoms with Crippen molar-refractivity contribution in [3.8, 4) is 5.75 Å². The van der Waals surface area contributed by atoms with E-state index in [1.54, 1.807) is 0 Å². The van der Waals surface area contributed by atoms with Gasteiger partial charge < -0.3 is 15.6 Å². The van der Waals surface area contributed by atoms with Gasteiger partial charge in [-0.2, -0.15) is 0 Å². The van der Waals surface area contributed by atoms with Crippen LogP contribution in [0.4, 0.5) is 0 Å².